The molecule has 1 unspecified atom stereocenters. The fraction of sp³-hybridized carbons (Fsp3) is 0.462. The molecule has 32 heavy (non-hydrogen) atoms. The Balaban J connectivity index is 0.000000311. The average Bonchev–Trinajstić information content (AvgIpc) is 2.95. The van der Waals surface area contributed by atoms with Gasteiger partial charge in [0.25, 0.3) is 0 Å². The number of rotatable bonds is 9. The number of nitrogens with one attached hydrogen (secondary N) is 2. The van der Waals surface area contributed by atoms with Gasteiger partial charge in [0.15, 0.2) is 0 Å². The summed E-state index contributed by atoms with van der Waals surface area (Å²) >= 11 is 0. The fourth-order valence-corrected chi connectivity index (χ4v) is 4.22. The van der Waals surface area contributed by atoms with Gasteiger partial charge in [-0.05, 0) is 36.4 Å². The van der Waals surface area contributed by atoms with Crippen molar-refractivity contribution in [2.75, 3.05) is 18.6 Å². The number of anilines is 1. The first-order valence-electron chi connectivity index (χ1n) is 11.2. The monoisotopic (exact) mass is 482 g/mol. The predicted octanol–water partition coefficient (Wildman–Crippen LogP) is 6.35. The van der Waals surface area contributed by atoms with Crippen LogP contribution in [-0.2, 0) is 22.2 Å². The van der Waals surface area contributed by atoms with Gasteiger partial charge in [-0.15, -0.1) is 0 Å². The van der Waals surface area contributed by atoms with E-state index in [-0.39, 0.29) is 22.2 Å². The molecule has 3 rings (SSSR count). The van der Waals surface area contributed by atoms with Crippen LogP contribution >= 0.6 is 0 Å². The molecule has 0 saturated carbocycles. The van der Waals surface area contributed by atoms with Crippen LogP contribution in [-0.4, -0.2) is 36.9 Å². The summed E-state index contributed by atoms with van der Waals surface area (Å²) in [6, 6.07) is 16.0. The normalized spacial score (nSPS) is 15.6. The Morgan fingerprint density at radius 2 is 1.75 bits per heavy atom. The third kappa shape index (κ3) is 6.84. The minimum absolute atomic E-state index is 0. The number of likely N-dealkylation sites (N-methyl/N-ethyl adjacent to an activating group) is 1. The molecule has 6 heteroatoms. The summed E-state index contributed by atoms with van der Waals surface area (Å²) in [5.41, 5.74) is 3.31. The average molecular weight is 483 g/mol. The Hall–Kier alpha value is -2.31. The van der Waals surface area contributed by atoms with Gasteiger partial charge < -0.3 is 20.2 Å². The van der Waals surface area contributed by atoms with Crippen LogP contribution in [0.3, 0.4) is 0 Å². The summed E-state index contributed by atoms with van der Waals surface area (Å²) in [4.78, 5) is 2.31. The van der Waals surface area contributed by atoms with E-state index in [0.717, 1.165) is 19.3 Å². The number of para-hydroxylation sites is 2. The first-order valence-corrected chi connectivity index (χ1v) is 11.2. The van der Waals surface area contributed by atoms with Gasteiger partial charge in [0, 0.05) is 47.4 Å². The van der Waals surface area contributed by atoms with Crippen molar-refractivity contribution < 1.29 is 26.6 Å². The number of hydrogen-bond donors (Lipinski definition) is 3. The van der Waals surface area contributed by atoms with E-state index in [9.17, 15) is 0 Å². The van der Waals surface area contributed by atoms with Gasteiger partial charge in [0.2, 0.25) is 5.90 Å². The standard InChI is InChI=1S/C13H18N2.C13H19NO2.Co/c1-13(2)10-6-4-5-7-11(10)15(3)12(13)8-9-14;1-2-3-4-7-10-16-12-9-6-5-8-11(12)13(14)15;/h4-7,9,12,14H,8H2,1-3H3;5-6,8-9H,2-4,7,10H2,1H3,(H2,14,15);. The van der Waals surface area contributed by atoms with Gasteiger partial charge in [-0.25, -0.2) is 0 Å². The van der Waals surface area contributed by atoms with E-state index in [1.54, 1.807) is 18.2 Å². The van der Waals surface area contributed by atoms with Crippen molar-refractivity contribution in [1.82, 2.24) is 0 Å². The number of ether oxygens (including phenoxy) is 1. The number of hydrogen-bond acceptors (Lipinski definition) is 4. The molecule has 2 aromatic rings. The molecule has 177 valence electrons. The van der Waals surface area contributed by atoms with Crippen molar-refractivity contribution in [3.8, 4) is 5.75 Å². The van der Waals surface area contributed by atoms with Gasteiger partial charge in [-0.1, -0.05) is 70.4 Å². The molecule has 0 bridgehead atoms. The molecule has 5 nitrogen and oxygen atoms in total. The van der Waals surface area contributed by atoms with E-state index in [1.807, 2.05) is 6.07 Å². The van der Waals surface area contributed by atoms with Crippen molar-refractivity contribution in [3.63, 3.8) is 0 Å². The van der Waals surface area contributed by atoms with Crippen molar-refractivity contribution >= 4 is 17.8 Å². The number of unbranched alkanes of at least 4 members (excludes halogenated alkanes) is 3. The molecular formula is C26H37CoN3O2. The first kappa shape index (κ1) is 27.7. The minimum atomic E-state index is -0.441. The quantitative estimate of drug-likeness (QED) is 0.221. The second-order valence-corrected chi connectivity index (χ2v) is 8.56. The van der Waals surface area contributed by atoms with E-state index >= 15 is 0 Å². The third-order valence-electron chi connectivity index (χ3n) is 6.02. The molecule has 0 amide bonds. The number of nitrogens with zero attached hydrogens (tertiary/aromatic N) is 1. The fourth-order valence-electron chi connectivity index (χ4n) is 4.22. The summed E-state index contributed by atoms with van der Waals surface area (Å²) in [6.45, 7) is 7.35. The van der Waals surface area contributed by atoms with Gasteiger partial charge in [0.05, 0.1) is 12.2 Å². The Labute approximate surface area is 203 Å². The largest absolute Gasteiger partial charge is 0.493 e. The molecule has 2 aromatic carbocycles. The third-order valence-corrected chi connectivity index (χ3v) is 6.02. The van der Waals surface area contributed by atoms with E-state index in [2.05, 4.69) is 57.0 Å². The SMILES string of the molecule is CCCCCCOc1ccccc1C(=N)O.CN1c2ccccc2C(C)(C)C1CC=N.[Co]. The van der Waals surface area contributed by atoms with Gasteiger partial charge in [-0.2, -0.15) is 0 Å². The van der Waals surface area contributed by atoms with Gasteiger partial charge >= 0.3 is 0 Å². The Morgan fingerprint density at radius 3 is 2.38 bits per heavy atom. The number of aliphatic hydroxyl groups is 1. The summed E-state index contributed by atoms with van der Waals surface area (Å²) in [6.07, 6.45) is 6.95. The summed E-state index contributed by atoms with van der Waals surface area (Å²) in [7, 11) is 2.13. The van der Waals surface area contributed by atoms with E-state index in [1.165, 1.54) is 30.3 Å². The van der Waals surface area contributed by atoms with Crippen molar-refractivity contribution in [2.45, 2.75) is 64.3 Å². The van der Waals surface area contributed by atoms with Gasteiger partial charge in [0.1, 0.15) is 5.75 Å². The minimum Gasteiger partial charge on any atom is -0.493 e. The number of benzene rings is 2. The van der Waals surface area contributed by atoms with Crippen molar-refractivity contribution in [1.29, 1.82) is 10.8 Å². The van der Waals surface area contributed by atoms with E-state index in [0.29, 0.717) is 24.0 Å². The van der Waals surface area contributed by atoms with E-state index < -0.39 is 5.90 Å². The maximum Gasteiger partial charge on any atom is 0.214 e. The zero-order chi connectivity index (χ0) is 22.9. The zero-order valence-corrected chi connectivity index (χ0v) is 20.7. The van der Waals surface area contributed by atoms with Crippen LogP contribution in [0.2, 0.25) is 0 Å². The maximum atomic E-state index is 9.15. The second kappa shape index (κ2) is 13.3. The Morgan fingerprint density at radius 1 is 1.09 bits per heavy atom. The van der Waals surface area contributed by atoms with Crippen LogP contribution in [0.25, 0.3) is 0 Å². The smallest absolute Gasteiger partial charge is 0.214 e. The number of aliphatic hydroxyl groups excluding tert-OH is 1. The molecule has 1 heterocycles. The molecule has 0 spiro atoms. The molecule has 1 aliphatic rings. The van der Waals surface area contributed by atoms with Crippen LogP contribution in [0.4, 0.5) is 5.69 Å². The summed E-state index contributed by atoms with van der Waals surface area (Å²) in [5.74, 6) is 0.149. The van der Waals surface area contributed by atoms with Crippen LogP contribution in [0.15, 0.2) is 48.5 Å². The zero-order valence-electron chi connectivity index (χ0n) is 19.7. The predicted molar refractivity (Wildman–Crippen MR) is 131 cm³/mol. The van der Waals surface area contributed by atoms with Crippen molar-refractivity contribution in [2.24, 2.45) is 0 Å². The molecule has 0 fully saturated rings. The molecule has 1 radical (unpaired) electrons. The van der Waals surface area contributed by atoms with Crippen LogP contribution < -0.4 is 9.64 Å². The second-order valence-electron chi connectivity index (χ2n) is 8.56. The maximum absolute atomic E-state index is 9.15. The molecule has 1 aliphatic heterocycles. The Bertz CT molecular complexity index is 870. The topological polar surface area (TPSA) is 80.4 Å². The molecule has 3 N–H and O–H groups in total. The molecule has 0 aliphatic carbocycles. The molecular weight excluding hydrogens is 445 g/mol. The van der Waals surface area contributed by atoms with Gasteiger partial charge in [-0.3, -0.25) is 5.41 Å². The van der Waals surface area contributed by atoms with Crippen LogP contribution in [0.5, 0.6) is 5.75 Å². The molecule has 0 saturated heterocycles. The summed E-state index contributed by atoms with van der Waals surface area (Å²) < 4.78 is 5.54. The molecule has 1 atom stereocenters. The molecule has 0 aromatic heterocycles. The summed E-state index contributed by atoms with van der Waals surface area (Å²) in [5, 5.41) is 23.6. The van der Waals surface area contributed by atoms with Crippen molar-refractivity contribution in [3.05, 3.63) is 59.7 Å². The first-order chi connectivity index (χ1) is 14.8. The number of fused-ring (bicyclic) bond motifs is 1. The van der Waals surface area contributed by atoms with Crippen LogP contribution in [0.1, 0.15) is 64.0 Å². The van der Waals surface area contributed by atoms with Crippen LogP contribution in [0, 0.1) is 10.8 Å². The Kier molecular flexibility index (Phi) is 11.5. The van der Waals surface area contributed by atoms with E-state index in [4.69, 9.17) is 20.7 Å².